The van der Waals surface area contributed by atoms with Crippen LogP contribution in [0.15, 0.2) is 34.3 Å². The van der Waals surface area contributed by atoms with Crippen LogP contribution in [-0.4, -0.2) is 59.1 Å². The molecule has 0 aromatic rings. The highest BCUT2D eigenvalue weighted by molar-refractivity contribution is 7.48. The summed E-state index contributed by atoms with van der Waals surface area (Å²) in [5.74, 6) is -3.47. The molecule has 0 saturated heterocycles. The molecule has 174 valence electrons. The first-order chi connectivity index (χ1) is 14.2. The highest BCUT2D eigenvalue weighted by Gasteiger charge is 2.44. The van der Waals surface area contributed by atoms with Crippen molar-refractivity contribution >= 4 is 19.6 Å². The van der Waals surface area contributed by atoms with Crippen LogP contribution in [-0.2, 0) is 32.5 Å². The fourth-order valence-electron chi connectivity index (χ4n) is 3.49. The number of rotatable bonds is 8. The second-order valence-corrected chi connectivity index (χ2v) is 10.1. The van der Waals surface area contributed by atoms with Crippen LogP contribution < -0.4 is 0 Å². The molecule has 0 fully saturated rings. The molecule has 0 saturated carbocycles. The molecule has 10 nitrogen and oxygen atoms in total. The van der Waals surface area contributed by atoms with E-state index in [1.807, 2.05) is 33.8 Å². The van der Waals surface area contributed by atoms with Gasteiger partial charge in [0.2, 0.25) is 5.76 Å². The number of phosphoric ester groups is 1. The van der Waals surface area contributed by atoms with Crippen LogP contribution >= 0.6 is 7.82 Å². The summed E-state index contributed by atoms with van der Waals surface area (Å²) in [6.45, 7) is 8.67. The Morgan fingerprint density at radius 3 is 2.42 bits per heavy atom. The summed E-state index contributed by atoms with van der Waals surface area (Å²) in [7, 11) is -3.24. The zero-order valence-electron chi connectivity index (χ0n) is 18.4. The minimum absolute atomic E-state index is 0.221. The summed E-state index contributed by atoms with van der Waals surface area (Å²) in [5, 5.41) is 29.0. The highest BCUT2D eigenvalue weighted by atomic mass is 31.2. The van der Waals surface area contributed by atoms with Gasteiger partial charge in [0, 0.05) is 7.11 Å². The van der Waals surface area contributed by atoms with Gasteiger partial charge in [-0.05, 0) is 43.8 Å². The van der Waals surface area contributed by atoms with E-state index in [1.54, 1.807) is 6.92 Å². The summed E-state index contributed by atoms with van der Waals surface area (Å²) in [4.78, 5) is 24.1. The summed E-state index contributed by atoms with van der Waals surface area (Å²) < 4.78 is 32.9. The first kappa shape index (κ1) is 25.3. The fourth-order valence-corrected chi connectivity index (χ4v) is 4.56. The average Bonchev–Trinajstić information content (AvgIpc) is 2.94. The molecule has 4 atom stereocenters. The van der Waals surface area contributed by atoms with E-state index in [1.165, 1.54) is 0 Å². The topological polar surface area (TPSA) is 149 Å². The lowest BCUT2D eigenvalue weighted by molar-refractivity contribution is -0.147. The van der Waals surface area contributed by atoms with E-state index in [0.717, 1.165) is 18.3 Å². The van der Waals surface area contributed by atoms with Crippen molar-refractivity contribution in [2.24, 2.45) is 5.41 Å². The number of carbonyl (C=O) groups excluding carboxylic acids is 2. The second kappa shape index (κ2) is 9.26. The Hall–Kier alpha value is -1.97. The third-order valence-corrected chi connectivity index (χ3v) is 6.52. The van der Waals surface area contributed by atoms with E-state index < -0.39 is 55.6 Å². The molecular weight excluding hydrogens is 431 g/mol. The molecule has 31 heavy (non-hydrogen) atoms. The van der Waals surface area contributed by atoms with Crippen molar-refractivity contribution in [2.45, 2.75) is 59.4 Å². The van der Waals surface area contributed by atoms with Crippen molar-refractivity contribution in [2.75, 3.05) is 13.7 Å². The molecule has 1 heterocycles. The maximum Gasteiger partial charge on any atom is 0.475 e. The van der Waals surface area contributed by atoms with Crippen molar-refractivity contribution in [3.63, 3.8) is 0 Å². The van der Waals surface area contributed by atoms with Gasteiger partial charge in [0.05, 0.1) is 6.61 Å². The number of ether oxygens (including phenoxy) is 1. The number of hydrogen-bond donors (Lipinski definition) is 3. The van der Waals surface area contributed by atoms with Crippen molar-refractivity contribution in [1.29, 1.82) is 0 Å². The molecule has 1 aliphatic heterocycles. The first-order valence-electron chi connectivity index (χ1n) is 9.62. The van der Waals surface area contributed by atoms with Gasteiger partial charge in [-0.2, -0.15) is 0 Å². The normalized spacial score (nSPS) is 26.5. The van der Waals surface area contributed by atoms with E-state index >= 15 is 0 Å². The van der Waals surface area contributed by atoms with Gasteiger partial charge in [-0.15, -0.1) is 0 Å². The van der Waals surface area contributed by atoms with Gasteiger partial charge in [-0.3, -0.25) is 18.4 Å². The van der Waals surface area contributed by atoms with Crippen molar-refractivity contribution in [3.05, 3.63) is 34.3 Å². The van der Waals surface area contributed by atoms with Gasteiger partial charge in [0.15, 0.2) is 17.6 Å². The number of allylic oxidation sites excluding steroid dienone is 3. The van der Waals surface area contributed by atoms with E-state index in [-0.39, 0.29) is 12.2 Å². The standard InChI is InChI=1S/C20H29O10P/c1-10(2)7-12-11(3)15(22)14(8-20(12,4)5)30-31(26,27-6)28-9-13(21)18-16(23)17(24)19(25)29-18/h7,13-14,18,21,23-24H,8-9H2,1-6H3/t13-,14?,18+,31?/m0/s1. The molecule has 0 aromatic carbocycles. The number of aliphatic hydroxyl groups excluding tert-OH is 3. The van der Waals surface area contributed by atoms with Crippen LogP contribution in [0.5, 0.6) is 0 Å². The van der Waals surface area contributed by atoms with Gasteiger partial charge < -0.3 is 20.1 Å². The van der Waals surface area contributed by atoms with Gasteiger partial charge in [-0.25, -0.2) is 9.36 Å². The fraction of sp³-hybridized carbons (Fsp3) is 0.600. The summed E-state index contributed by atoms with van der Waals surface area (Å²) >= 11 is 0. The number of esters is 1. The van der Waals surface area contributed by atoms with Crippen molar-refractivity contribution < 1.29 is 47.8 Å². The minimum atomic E-state index is -4.30. The monoisotopic (exact) mass is 460 g/mol. The lowest BCUT2D eigenvalue weighted by Gasteiger charge is -2.37. The number of ketones is 1. The molecule has 3 N–H and O–H groups in total. The van der Waals surface area contributed by atoms with Crippen LogP contribution in [0.1, 0.15) is 41.0 Å². The Morgan fingerprint density at radius 2 is 1.94 bits per heavy atom. The number of Topliss-reactive ketones (excluding diaryl/α,β-unsaturated/α-hetero) is 1. The third-order valence-electron chi connectivity index (χ3n) is 5.10. The SMILES string of the molecule is COP(=O)(OC[C@H](O)[C@H]1OC(=O)C(O)=C1O)OC1CC(C)(C)C(C=C(C)C)=C(C)C1=O. The van der Waals surface area contributed by atoms with Crippen LogP contribution in [0.2, 0.25) is 0 Å². The van der Waals surface area contributed by atoms with E-state index in [9.17, 15) is 29.5 Å². The lowest BCUT2D eigenvalue weighted by Crippen LogP contribution is -2.38. The predicted molar refractivity (Wildman–Crippen MR) is 109 cm³/mol. The molecular formula is C20H29O10P. The zero-order valence-corrected chi connectivity index (χ0v) is 19.3. The Labute approximate surface area is 180 Å². The third kappa shape index (κ3) is 5.45. The minimum Gasteiger partial charge on any atom is -0.505 e. The Morgan fingerprint density at radius 1 is 1.32 bits per heavy atom. The predicted octanol–water partition coefficient (Wildman–Crippen LogP) is 3.04. The Kier molecular flexibility index (Phi) is 7.55. The van der Waals surface area contributed by atoms with Crippen LogP contribution in [0, 0.1) is 5.41 Å². The second-order valence-electron chi connectivity index (χ2n) is 8.36. The number of aliphatic hydroxyl groups is 3. The van der Waals surface area contributed by atoms with Crippen LogP contribution in [0.4, 0.5) is 0 Å². The van der Waals surface area contributed by atoms with Gasteiger partial charge in [-0.1, -0.05) is 25.5 Å². The van der Waals surface area contributed by atoms with Crippen LogP contribution in [0.25, 0.3) is 0 Å². The molecule has 11 heteroatoms. The number of phosphoric acid groups is 1. The zero-order chi connectivity index (χ0) is 23.7. The summed E-state index contributed by atoms with van der Waals surface area (Å²) in [5.41, 5.74) is 1.93. The molecule has 2 unspecified atom stereocenters. The number of hydrogen-bond acceptors (Lipinski definition) is 10. The van der Waals surface area contributed by atoms with E-state index in [0.29, 0.717) is 5.57 Å². The van der Waals surface area contributed by atoms with Crippen molar-refractivity contribution in [1.82, 2.24) is 0 Å². The number of carbonyl (C=O) groups is 2. The van der Waals surface area contributed by atoms with Crippen molar-refractivity contribution in [3.8, 4) is 0 Å². The molecule has 0 amide bonds. The molecule has 0 aromatic heterocycles. The summed E-state index contributed by atoms with van der Waals surface area (Å²) in [6, 6.07) is 0. The van der Waals surface area contributed by atoms with E-state index in [2.05, 4.69) is 4.74 Å². The van der Waals surface area contributed by atoms with Crippen LogP contribution in [0.3, 0.4) is 0 Å². The highest BCUT2D eigenvalue weighted by Crippen LogP contribution is 2.53. The molecule has 2 aliphatic rings. The van der Waals surface area contributed by atoms with Gasteiger partial charge in [0.25, 0.3) is 0 Å². The average molecular weight is 460 g/mol. The van der Waals surface area contributed by atoms with Gasteiger partial charge >= 0.3 is 13.8 Å². The summed E-state index contributed by atoms with van der Waals surface area (Å²) in [6.07, 6.45) is -2.22. The molecule has 1 aliphatic carbocycles. The molecule has 2 rings (SSSR count). The molecule has 0 spiro atoms. The number of cyclic esters (lactones) is 1. The quantitative estimate of drug-likeness (QED) is 0.364. The lowest BCUT2D eigenvalue weighted by atomic mass is 9.70. The molecule has 0 bridgehead atoms. The smallest absolute Gasteiger partial charge is 0.475 e. The Balaban J connectivity index is 2.14. The maximum absolute atomic E-state index is 12.9. The first-order valence-corrected chi connectivity index (χ1v) is 11.1. The molecule has 0 radical (unpaired) electrons. The van der Waals surface area contributed by atoms with Gasteiger partial charge in [0.1, 0.15) is 12.2 Å². The Bertz CT molecular complexity index is 894. The van der Waals surface area contributed by atoms with E-state index in [4.69, 9.17) is 13.6 Å². The maximum atomic E-state index is 12.9. The largest absolute Gasteiger partial charge is 0.505 e.